The van der Waals surface area contributed by atoms with E-state index in [0.29, 0.717) is 23.4 Å². The highest BCUT2D eigenvalue weighted by Crippen LogP contribution is 2.22. The monoisotopic (exact) mass is 441 g/mol. The SMILES string of the molecule is COCCn1c(=NS(=O)(=O)c2ccc(C)cc2)sc2cc(S(N)(=O)=O)ccc21. The van der Waals surface area contributed by atoms with Gasteiger partial charge in [0.25, 0.3) is 10.0 Å². The van der Waals surface area contributed by atoms with Gasteiger partial charge < -0.3 is 9.30 Å². The maximum Gasteiger partial charge on any atom is 0.285 e. The van der Waals surface area contributed by atoms with Crippen LogP contribution in [0.3, 0.4) is 0 Å². The fourth-order valence-electron chi connectivity index (χ4n) is 2.56. The van der Waals surface area contributed by atoms with Crippen LogP contribution in [0.4, 0.5) is 0 Å². The Labute approximate surface area is 167 Å². The average molecular weight is 442 g/mol. The third kappa shape index (κ3) is 4.33. The van der Waals surface area contributed by atoms with Gasteiger partial charge in [-0.05, 0) is 37.3 Å². The molecule has 0 bridgehead atoms. The number of benzene rings is 2. The van der Waals surface area contributed by atoms with Crippen molar-refractivity contribution in [3.05, 3.63) is 52.8 Å². The van der Waals surface area contributed by atoms with E-state index in [-0.39, 0.29) is 14.6 Å². The Morgan fingerprint density at radius 2 is 1.71 bits per heavy atom. The molecule has 1 heterocycles. The molecule has 150 valence electrons. The van der Waals surface area contributed by atoms with Crippen molar-refractivity contribution in [1.82, 2.24) is 4.57 Å². The minimum absolute atomic E-state index is 0.0481. The molecule has 0 radical (unpaired) electrons. The zero-order chi connectivity index (χ0) is 20.5. The number of sulfonamides is 2. The molecule has 0 amide bonds. The zero-order valence-corrected chi connectivity index (χ0v) is 17.6. The highest BCUT2D eigenvalue weighted by atomic mass is 32.2. The van der Waals surface area contributed by atoms with E-state index in [4.69, 9.17) is 9.88 Å². The molecule has 8 nitrogen and oxygen atoms in total. The summed E-state index contributed by atoms with van der Waals surface area (Å²) in [6.45, 7) is 2.55. The van der Waals surface area contributed by atoms with Crippen molar-refractivity contribution in [3.63, 3.8) is 0 Å². The van der Waals surface area contributed by atoms with Gasteiger partial charge in [0.15, 0.2) is 0 Å². The molecule has 28 heavy (non-hydrogen) atoms. The first-order chi connectivity index (χ1) is 13.1. The first-order valence-electron chi connectivity index (χ1n) is 8.14. The van der Waals surface area contributed by atoms with Crippen molar-refractivity contribution in [2.45, 2.75) is 23.3 Å². The van der Waals surface area contributed by atoms with Crippen LogP contribution in [0.2, 0.25) is 0 Å². The third-order valence-corrected chi connectivity index (χ3v) is 7.37. The number of hydrogen-bond donors (Lipinski definition) is 1. The van der Waals surface area contributed by atoms with E-state index < -0.39 is 20.0 Å². The fourth-order valence-corrected chi connectivity index (χ4v) is 5.48. The quantitative estimate of drug-likeness (QED) is 0.623. The number of methoxy groups -OCH3 is 1. The topological polar surface area (TPSA) is 121 Å². The number of aryl methyl sites for hydroxylation is 1. The second-order valence-corrected chi connectivity index (χ2v) is 10.3. The second kappa shape index (κ2) is 7.76. The minimum Gasteiger partial charge on any atom is -0.383 e. The number of hydrogen-bond acceptors (Lipinski definition) is 6. The summed E-state index contributed by atoms with van der Waals surface area (Å²) in [5, 5.41) is 5.19. The van der Waals surface area contributed by atoms with Crippen molar-refractivity contribution >= 4 is 41.6 Å². The number of primary sulfonamides is 1. The molecule has 0 aliphatic heterocycles. The molecule has 0 aliphatic carbocycles. The molecule has 2 N–H and O–H groups in total. The Hall–Kier alpha value is -2.05. The van der Waals surface area contributed by atoms with Crippen LogP contribution in [-0.4, -0.2) is 35.1 Å². The summed E-state index contributed by atoms with van der Waals surface area (Å²) in [6.07, 6.45) is 0. The first kappa shape index (κ1) is 20.7. The van der Waals surface area contributed by atoms with Crippen LogP contribution >= 0.6 is 11.3 Å². The number of nitrogens with zero attached hydrogens (tertiary/aromatic N) is 2. The molecule has 1 aromatic heterocycles. The minimum atomic E-state index is -3.93. The van der Waals surface area contributed by atoms with Gasteiger partial charge in [0.2, 0.25) is 14.8 Å². The van der Waals surface area contributed by atoms with Crippen LogP contribution in [0, 0.1) is 6.92 Å². The van der Waals surface area contributed by atoms with Gasteiger partial charge in [0.1, 0.15) is 0 Å². The van der Waals surface area contributed by atoms with E-state index in [9.17, 15) is 16.8 Å². The van der Waals surface area contributed by atoms with E-state index in [0.717, 1.165) is 16.9 Å². The molecule has 0 unspecified atom stereocenters. The molecular formula is C17H19N3O5S3. The van der Waals surface area contributed by atoms with Crippen LogP contribution in [0.1, 0.15) is 5.56 Å². The lowest BCUT2D eigenvalue weighted by molar-refractivity contribution is 0.187. The Bertz CT molecular complexity index is 1290. The lowest BCUT2D eigenvalue weighted by Crippen LogP contribution is -2.19. The van der Waals surface area contributed by atoms with E-state index in [2.05, 4.69) is 4.40 Å². The Kier molecular flexibility index (Phi) is 5.73. The van der Waals surface area contributed by atoms with Crippen LogP contribution < -0.4 is 9.94 Å². The van der Waals surface area contributed by atoms with Gasteiger partial charge in [-0.2, -0.15) is 8.42 Å². The van der Waals surface area contributed by atoms with Crippen LogP contribution in [0.5, 0.6) is 0 Å². The Balaban J connectivity index is 2.23. The number of ether oxygens (including phenoxy) is 1. The normalized spacial score (nSPS) is 13.3. The van der Waals surface area contributed by atoms with Crippen LogP contribution in [-0.2, 0) is 31.3 Å². The fraction of sp³-hybridized carbons (Fsp3) is 0.235. The number of rotatable bonds is 6. The van der Waals surface area contributed by atoms with E-state index >= 15 is 0 Å². The van der Waals surface area contributed by atoms with Crippen molar-refractivity contribution < 1.29 is 21.6 Å². The van der Waals surface area contributed by atoms with Crippen molar-refractivity contribution in [2.75, 3.05) is 13.7 Å². The Morgan fingerprint density at radius 3 is 2.32 bits per heavy atom. The third-order valence-electron chi connectivity index (χ3n) is 4.02. The predicted octanol–water partition coefficient (Wildman–Crippen LogP) is 1.59. The number of fused-ring (bicyclic) bond motifs is 1. The molecule has 0 saturated carbocycles. The average Bonchev–Trinajstić information content (AvgIpc) is 2.95. The van der Waals surface area contributed by atoms with Gasteiger partial charge in [-0.15, -0.1) is 4.40 Å². The molecule has 0 fully saturated rings. The van der Waals surface area contributed by atoms with Gasteiger partial charge in [0.05, 0.1) is 26.6 Å². The summed E-state index contributed by atoms with van der Waals surface area (Å²) in [6, 6.07) is 10.8. The van der Waals surface area contributed by atoms with Crippen LogP contribution in [0.25, 0.3) is 10.2 Å². The zero-order valence-electron chi connectivity index (χ0n) is 15.2. The Morgan fingerprint density at radius 1 is 1.07 bits per heavy atom. The van der Waals surface area contributed by atoms with Crippen molar-refractivity contribution in [3.8, 4) is 0 Å². The largest absolute Gasteiger partial charge is 0.383 e. The maximum absolute atomic E-state index is 12.7. The summed E-state index contributed by atoms with van der Waals surface area (Å²) < 4.78 is 60.0. The molecular weight excluding hydrogens is 422 g/mol. The summed E-state index contributed by atoms with van der Waals surface area (Å²) in [7, 11) is -6.27. The predicted molar refractivity (Wildman–Crippen MR) is 107 cm³/mol. The molecule has 0 aliphatic rings. The van der Waals surface area contributed by atoms with Gasteiger partial charge in [0, 0.05) is 13.7 Å². The van der Waals surface area contributed by atoms with E-state index in [1.54, 1.807) is 22.8 Å². The van der Waals surface area contributed by atoms with Crippen molar-refractivity contribution in [1.29, 1.82) is 0 Å². The molecule has 0 saturated heterocycles. The molecule has 11 heteroatoms. The van der Waals surface area contributed by atoms with Gasteiger partial charge in [-0.3, -0.25) is 0 Å². The highest BCUT2D eigenvalue weighted by Gasteiger charge is 2.16. The molecule has 3 aromatic rings. The maximum atomic E-state index is 12.7. The number of aromatic nitrogens is 1. The molecule has 0 spiro atoms. The summed E-state index contributed by atoms with van der Waals surface area (Å²) in [4.78, 5) is 0.256. The number of nitrogens with two attached hydrogens (primary N) is 1. The first-order valence-corrected chi connectivity index (χ1v) is 11.9. The van der Waals surface area contributed by atoms with E-state index in [1.807, 2.05) is 6.92 Å². The van der Waals surface area contributed by atoms with Gasteiger partial charge >= 0.3 is 0 Å². The summed E-state index contributed by atoms with van der Waals surface area (Å²) in [5.74, 6) is 0. The highest BCUT2D eigenvalue weighted by molar-refractivity contribution is 7.90. The molecule has 2 aromatic carbocycles. The second-order valence-electron chi connectivity index (χ2n) is 6.08. The summed E-state index contributed by atoms with van der Waals surface area (Å²) in [5.41, 5.74) is 1.58. The standard InChI is InChI=1S/C17H19N3O5S3/c1-12-3-5-13(6-4-12)28(23,24)19-17-20(9-10-25-2)15-8-7-14(27(18,21)22)11-16(15)26-17/h3-8,11H,9-10H2,1-2H3,(H2,18,21,22). The van der Waals surface area contributed by atoms with Crippen LogP contribution in [0.15, 0.2) is 56.7 Å². The smallest absolute Gasteiger partial charge is 0.285 e. The van der Waals surface area contributed by atoms with Gasteiger partial charge in [-0.25, -0.2) is 13.6 Å². The van der Waals surface area contributed by atoms with Gasteiger partial charge in [-0.1, -0.05) is 29.0 Å². The summed E-state index contributed by atoms with van der Waals surface area (Å²) >= 11 is 1.07. The number of thiazole rings is 1. The molecule has 0 atom stereocenters. The lowest BCUT2D eigenvalue weighted by atomic mass is 10.2. The molecule has 3 rings (SSSR count). The van der Waals surface area contributed by atoms with E-state index in [1.165, 1.54) is 31.4 Å². The van der Waals surface area contributed by atoms with Crippen molar-refractivity contribution in [2.24, 2.45) is 9.54 Å². The lowest BCUT2D eigenvalue weighted by Gasteiger charge is -2.05.